The van der Waals surface area contributed by atoms with Crippen LogP contribution in [0.15, 0.2) is 24.3 Å². The van der Waals surface area contributed by atoms with Crippen LogP contribution in [0.5, 0.6) is 0 Å². The van der Waals surface area contributed by atoms with Gasteiger partial charge in [-0.05, 0) is 64.2 Å². The summed E-state index contributed by atoms with van der Waals surface area (Å²) >= 11 is 0. The molecule has 0 unspecified atom stereocenters. The number of carboxylic acid groups (broad SMARTS) is 2. The average molecular weight is 593 g/mol. The largest absolute Gasteiger partial charge is 0.481 e. The average Bonchev–Trinajstić information content (AvgIpc) is 3.88. The summed E-state index contributed by atoms with van der Waals surface area (Å²) in [6, 6.07) is 0. The Morgan fingerprint density at radius 2 is 0.881 bits per heavy atom. The van der Waals surface area contributed by atoms with Gasteiger partial charge in [0.1, 0.15) is 0 Å². The Labute approximate surface area is 257 Å². The number of allylic oxidation sites excluding steroid dienone is 2. The van der Waals surface area contributed by atoms with Gasteiger partial charge in [-0.25, -0.2) is 0 Å². The van der Waals surface area contributed by atoms with Crippen molar-refractivity contribution in [3.8, 4) is 0 Å². The lowest BCUT2D eigenvalue weighted by atomic mass is 10.1. The molecule has 6 heteroatoms. The summed E-state index contributed by atoms with van der Waals surface area (Å²) in [5, 5.41) is 17.0. The Morgan fingerprint density at radius 1 is 0.500 bits per heavy atom. The third-order valence-corrected chi connectivity index (χ3v) is 8.15. The first-order valence-corrected chi connectivity index (χ1v) is 17.5. The van der Waals surface area contributed by atoms with E-state index in [0.29, 0.717) is 37.3 Å². The van der Waals surface area contributed by atoms with Gasteiger partial charge in [-0.15, -0.1) is 0 Å². The van der Waals surface area contributed by atoms with Crippen molar-refractivity contribution in [3.63, 3.8) is 0 Å². The zero-order valence-corrected chi connectivity index (χ0v) is 27.1. The highest BCUT2D eigenvalue weighted by Crippen LogP contribution is 2.31. The van der Waals surface area contributed by atoms with Gasteiger partial charge in [-0.2, -0.15) is 0 Å². The number of hydrogen-bond donors (Lipinski definition) is 2. The van der Waals surface area contributed by atoms with E-state index in [-0.39, 0.29) is 0 Å². The predicted octanol–water partition coefficient (Wildman–Crippen LogP) is 10.2. The van der Waals surface area contributed by atoms with E-state index in [1.54, 1.807) is 0 Å². The van der Waals surface area contributed by atoms with Crippen LogP contribution in [0.1, 0.15) is 168 Å². The molecule has 2 aliphatic rings. The van der Waals surface area contributed by atoms with Crippen LogP contribution in [0.3, 0.4) is 0 Å². The molecule has 0 radical (unpaired) electrons. The molecule has 0 aliphatic carbocycles. The van der Waals surface area contributed by atoms with Crippen LogP contribution in [-0.2, 0) is 19.1 Å². The van der Waals surface area contributed by atoms with Crippen molar-refractivity contribution < 1.29 is 29.3 Å². The van der Waals surface area contributed by atoms with Gasteiger partial charge in [-0.1, -0.05) is 115 Å². The standard InChI is InChI=1S/2C18H32O3/c2*1-2-3-10-13-16-17(21-16)14-11-8-6-4-5-7-9-12-15-18(19)20/h2*8,11,16-17H,2-7,9-10,12-15H2,1H3,(H,19,20)/b2*11-8-/t2*16-,17+/m11/s1. The minimum Gasteiger partial charge on any atom is -0.481 e. The van der Waals surface area contributed by atoms with E-state index < -0.39 is 11.9 Å². The molecular formula is C36H64O6. The zero-order chi connectivity index (χ0) is 30.7. The Bertz CT molecular complexity index is 658. The molecule has 4 atom stereocenters. The fraction of sp³-hybridized carbons (Fsp3) is 0.833. The molecule has 2 fully saturated rings. The van der Waals surface area contributed by atoms with Crippen molar-refractivity contribution in [2.45, 2.75) is 192 Å². The van der Waals surface area contributed by atoms with Gasteiger partial charge in [0.05, 0.1) is 24.4 Å². The van der Waals surface area contributed by atoms with Crippen molar-refractivity contribution >= 4 is 11.9 Å². The second-order valence-corrected chi connectivity index (χ2v) is 12.2. The Balaban J connectivity index is 0.000000420. The monoisotopic (exact) mass is 592 g/mol. The molecule has 0 aromatic rings. The van der Waals surface area contributed by atoms with Gasteiger partial charge in [0.15, 0.2) is 0 Å². The molecule has 0 amide bonds. The molecule has 0 spiro atoms. The predicted molar refractivity (Wildman–Crippen MR) is 173 cm³/mol. The summed E-state index contributed by atoms with van der Waals surface area (Å²) in [6.07, 6.45) is 37.5. The summed E-state index contributed by atoms with van der Waals surface area (Å²) < 4.78 is 11.3. The van der Waals surface area contributed by atoms with E-state index in [1.807, 2.05) is 0 Å². The van der Waals surface area contributed by atoms with E-state index in [2.05, 4.69) is 38.2 Å². The van der Waals surface area contributed by atoms with E-state index in [0.717, 1.165) is 64.2 Å². The number of carboxylic acids is 2. The lowest BCUT2D eigenvalue weighted by Crippen LogP contribution is -1.93. The molecule has 6 nitrogen and oxygen atoms in total. The molecular weight excluding hydrogens is 528 g/mol. The fourth-order valence-electron chi connectivity index (χ4n) is 5.31. The first-order chi connectivity index (χ1) is 20.5. The van der Waals surface area contributed by atoms with Crippen molar-refractivity contribution in [3.05, 3.63) is 24.3 Å². The number of rotatable bonds is 28. The summed E-state index contributed by atoms with van der Waals surface area (Å²) in [5.74, 6) is -1.35. The van der Waals surface area contributed by atoms with E-state index in [9.17, 15) is 9.59 Å². The topological polar surface area (TPSA) is 99.7 Å². The number of carbonyl (C=O) groups is 2. The van der Waals surface area contributed by atoms with Crippen LogP contribution in [0.25, 0.3) is 0 Å². The number of unbranched alkanes of at least 4 members (excludes halogenated alkanes) is 14. The fourth-order valence-corrected chi connectivity index (χ4v) is 5.31. The van der Waals surface area contributed by atoms with Crippen molar-refractivity contribution in [2.75, 3.05) is 0 Å². The second-order valence-electron chi connectivity index (χ2n) is 12.2. The van der Waals surface area contributed by atoms with Crippen molar-refractivity contribution in [1.29, 1.82) is 0 Å². The van der Waals surface area contributed by atoms with E-state index in [1.165, 1.54) is 77.0 Å². The van der Waals surface area contributed by atoms with Gasteiger partial charge in [0.25, 0.3) is 0 Å². The summed E-state index contributed by atoms with van der Waals surface area (Å²) in [5.41, 5.74) is 0. The Hall–Kier alpha value is -1.66. The third kappa shape index (κ3) is 24.9. The van der Waals surface area contributed by atoms with Gasteiger partial charge in [0.2, 0.25) is 0 Å². The maximum atomic E-state index is 10.3. The highest BCUT2D eigenvalue weighted by atomic mass is 16.6. The first kappa shape index (κ1) is 38.4. The molecule has 2 rings (SSSR count). The number of ether oxygens (including phenoxy) is 2. The lowest BCUT2D eigenvalue weighted by molar-refractivity contribution is -0.138. The smallest absolute Gasteiger partial charge is 0.303 e. The minimum atomic E-state index is -0.673. The van der Waals surface area contributed by atoms with E-state index >= 15 is 0 Å². The Kier molecular flexibility index (Phi) is 24.6. The number of epoxide rings is 2. The summed E-state index contributed by atoms with van der Waals surface area (Å²) in [6.45, 7) is 4.47. The van der Waals surface area contributed by atoms with Crippen LogP contribution in [0, 0.1) is 0 Å². The molecule has 0 aromatic heterocycles. The van der Waals surface area contributed by atoms with Crippen molar-refractivity contribution in [2.24, 2.45) is 0 Å². The molecule has 244 valence electrons. The molecule has 2 aliphatic heterocycles. The second kappa shape index (κ2) is 26.9. The molecule has 2 N–H and O–H groups in total. The molecule has 0 aromatic carbocycles. The maximum absolute atomic E-state index is 10.3. The molecule has 0 saturated carbocycles. The van der Waals surface area contributed by atoms with Crippen LogP contribution >= 0.6 is 0 Å². The van der Waals surface area contributed by atoms with Gasteiger partial charge < -0.3 is 19.7 Å². The minimum absolute atomic E-state index is 0.320. The van der Waals surface area contributed by atoms with Crippen LogP contribution in [-0.4, -0.2) is 46.6 Å². The Morgan fingerprint density at radius 3 is 1.26 bits per heavy atom. The highest BCUT2D eigenvalue weighted by Gasteiger charge is 2.37. The lowest BCUT2D eigenvalue weighted by Gasteiger charge is -1.98. The normalized spacial score (nSPS) is 21.0. The zero-order valence-electron chi connectivity index (χ0n) is 27.1. The SMILES string of the molecule is CCCCC[C@H]1O[C@H]1C/C=C\CCCCCCCC(=O)O.CCCCC[C@H]1O[C@H]1C/C=C\CCCCCCCC(=O)O. The number of hydrogen-bond acceptors (Lipinski definition) is 4. The molecule has 42 heavy (non-hydrogen) atoms. The van der Waals surface area contributed by atoms with Gasteiger partial charge in [0, 0.05) is 12.8 Å². The van der Waals surface area contributed by atoms with E-state index in [4.69, 9.17) is 19.7 Å². The molecule has 2 heterocycles. The highest BCUT2D eigenvalue weighted by molar-refractivity contribution is 5.66. The quantitative estimate of drug-likeness (QED) is 0.0532. The first-order valence-electron chi connectivity index (χ1n) is 17.5. The summed E-state index contributed by atoms with van der Waals surface area (Å²) in [7, 11) is 0. The molecule has 2 saturated heterocycles. The molecule has 0 bridgehead atoms. The van der Waals surface area contributed by atoms with Crippen LogP contribution in [0.4, 0.5) is 0 Å². The van der Waals surface area contributed by atoms with Crippen LogP contribution < -0.4 is 0 Å². The van der Waals surface area contributed by atoms with Gasteiger partial charge in [-0.3, -0.25) is 9.59 Å². The van der Waals surface area contributed by atoms with Gasteiger partial charge >= 0.3 is 11.9 Å². The summed E-state index contributed by atoms with van der Waals surface area (Å²) in [4.78, 5) is 20.7. The maximum Gasteiger partial charge on any atom is 0.303 e. The number of aliphatic carboxylic acids is 2. The third-order valence-electron chi connectivity index (χ3n) is 8.15. The van der Waals surface area contributed by atoms with Crippen LogP contribution in [0.2, 0.25) is 0 Å². The van der Waals surface area contributed by atoms with Crippen molar-refractivity contribution in [1.82, 2.24) is 0 Å².